The van der Waals surface area contributed by atoms with Crippen LogP contribution < -0.4 is 11.1 Å². The van der Waals surface area contributed by atoms with Crippen molar-refractivity contribution in [1.29, 1.82) is 0 Å². The molecule has 3 N–H and O–H groups in total. The van der Waals surface area contributed by atoms with Crippen molar-refractivity contribution in [3.63, 3.8) is 0 Å². The zero-order valence-electron chi connectivity index (χ0n) is 12.9. The smallest absolute Gasteiger partial charge is 0.220 e. The Kier molecular flexibility index (Phi) is 12.9. The fourth-order valence-corrected chi connectivity index (χ4v) is 2.98. The summed E-state index contributed by atoms with van der Waals surface area (Å²) in [4.78, 5) is 14.1. The molecule has 1 amide bonds. The summed E-state index contributed by atoms with van der Waals surface area (Å²) < 4.78 is 0. The van der Waals surface area contributed by atoms with Gasteiger partial charge in [0.2, 0.25) is 5.91 Å². The Balaban J connectivity index is 0. The van der Waals surface area contributed by atoms with Crippen molar-refractivity contribution in [1.82, 2.24) is 10.2 Å². The molecular weight excluding hydrogens is 297 g/mol. The molecule has 0 bridgehead atoms. The number of hydrogen-bond donors (Lipinski definition) is 2. The highest BCUT2D eigenvalue weighted by Gasteiger charge is 2.23. The van der Waals surface area contributed by atoms with E-state index < -0.39 is 0 Å². The van der Waals surface area contributed by atoms with E-state index in [1.807, 2.05) is 0 Å². The fraction of sp³-hybridized carbons (Fsp3) is 0.929. The van der Waals surface area contributed by atoms with Gasteiger partial charge in [0.15, 0.2) is 0 Å². The summed E-state index contributed by atoms with van der Waals surface area (Å²) in [6.45, 7) is 10.6. The second kappa shape index (κ2) is 11.6. The van der Waals surface area contributed by atoms with Crippen molar-refractivity contribution in [2.75, 3.05) is 26.2 Å². The Labute approximate surface area is 136 Å². The maximum Gasteiger partial charge on any atom is 0.220 e. The predicted octanol–water partition coefficient (Wildman–Crippen LogP) is 2.05. The maximum absolute atomic E-state index is 11.6. The third kappa shape index (κ3) is 9.01. The van der Waals surface area contributed by atoms with Crippen molar-refractivity contribution in [2.24, 2.45) is 17.6 Å². The molecule has 122 valence electrons. The van der Waals surface area contributed by atoms with Crippen molar-refractivity contribution in [3.8, 4) is 0 Å². The molecular formula is C14H31Cl2N3O. The minimum absolute atomic E-state index is 0. The second-order valence-electron chi connectivity index (χ2n) is 6.03. The van der Waals surface area contributed by atoms with Crippen LogP contribution in [-0.4, -0.2) is 43.0 Å². The molecule has 1 saturated heterocycles. The van der Waals surface area contributed by atoms with E-state index in [-0.39, 0.29) is 36.8 Å². The Morgan fingerprint density at radius 2 is 1.85 bits per heavy atom. The van der Waals surface area contributed by atoms with Gasteiger partial charge in [0.25, 0.3) is 0 Å². The lowest BCUT2D eigenvalue weighted by molar-refractivity contribution is -0.121. The molecule has 0 spiro atoms. The molecule has 0 aromatic carbocycles. The van der Waals surface area contributed by atoms with Gasteiger partial charge in [-0.05, 0) is 38.1 Å². The van der Waals surface area contributed by atoms with Crippen LogP contribution in [0.4, 0.5) is 0 Å². The monoisotopic (exact) mass is 327 g/mol. The lowest BCUT2D eigenvalue weighted by Crippen LogP contribution is -2.47. The van der Waals surface area contributed by atoms with Crippen molar-refractivity contribution < 1.29 is 4.79 Å². The number of nitrogens with zero attached hydrogens (tertiary/aromatic N) is 1. The summed E-state index contributed by atoms with van der Waals surface area (Å²) in [7, 11) is 0. The number of hydrogen-bond acceptors (Lipinski definition) is 3. The first-order valence-electron chi connectivity index (χ1n) is 7.23. The molecule has 1 rings (SSSR count). The van der Waals surface area contributed by atoms with E-state index in [1.165, 1.54) is 6.42 Å². The van der Waals surface area contributed by atoms with E-state index in [0.29, 0.717) is 13.0 Å². The van der Waals surface area contributed by atoms with Gasteiger partial charge in [-0.25, -0.2) is 0 Å². The van der Waals surface area contributed by atoms with E-state index in [9.17, 15) is 4.79 Å². The number of halogens is 2. The number of rotatable bonds is 6. The zero-order chi connectivity index (χ0) is 13.5. The zero-order valence-corrected chi connectivity index (χ0v) is 14.6. The highest BCUT2D eigenvalue weighted by atomic mass is 35.5. The number of piperidine rings is 1. The highest BCUT2D eigenvalue weighted by molar-refractivity contribution is 5.85. The quantitative estimate of drug-likeness (QED) is 0.785. The molecule has 0 saturated carbocycles. The van der Waals surface area contributed by atoms with Crippen LogP contribution in [0.1, 0.15) is 40.0 Å². The predicted molar refractivity (Wildman–Crippen MR) is 89.8 cm³/mol. The number of amides is 1. The Hall–Kier alpha value is -0.0300. The molecule has 0 aromatic rings. The number of carbonyl (C=O) groups is 1. The van der Waals surface area contributed by atoms with E-state index in [1.54, 1.807) is 0 Å². The number of carbonyl (C=O) groups excluding carboxylic acids is 1. The van der Waals surface area contributed by atoms with Crippen LogP contribution in [0.15, 0.2) is 0 Å². The average molecular weight is 328 g/mol. The minimum Gasteiger partial charge on any atom is -0.352 e. The topological polar surface area (TPSA) is 58.4 Å². The first kappa shape index (κ1) is 22.3. The van der Waals surface area contributed by atoms with E-state index in [0.717, 1.165) is 37.9 Å². The Morgan fingerprint density at radius 3 is 2.35 bits per heavy atom. The van der Waals surface area contributed by atoms with Gasteiger partial charge in [-0.15, -0.1) is 24.8 Å². The number of likely N-dealkylation sites (tertiary alicyclic amines) is 1. The molecule has 4 nitrogen and oxygen atoms in total. The van der Waals surface area contributed by atoms with Gasteiger partial charge in [-0.2, -0.15) is 0 Å². The molecule has 0 aromatic heterocycles. The van der Waals surface area contributed by atoms with Gasteiger partial charge in [0.1, 0.15) is 0 Å². The molecule has 1 aliphatic rings. The summed E-state index contributed by atoms with van der Waals surface area (Å²) in [5.41, 5.74) is 5.40. The van der Waals surface area contributed by atoms with Crippen LogP contribution >= 0.6 is 24.8 Å². The summed E-state index contributed by atoms with van der Waals surface area (Å²) in [5.74, 6) is 1.67. The average Bonchev–Trinajstić information content (AvgIpc) is 2.24. The van der Waals surface area contributed by atoms with Crippen LogP contribution in [-0.2, 0) is 4.79 Å². The summed E-state index contributed by atoms with van der Waals surface area (Å²) in [6.07, 6.45) is 2.65. The largest absolute Gasteiger partial charge is 0.352 e. The van der Waals surface area contributed by atoms with Crippen LogP contribution in [0, 0.1) is 11.8 Å². The van der Waals surface area contributed by atoms with Gasteiger partial charge < -0.3 is 16.0 Å². The normalized spacial score (nSPS) is 24.2. The van der Waals surface area contributed by atoms with Crippen LogP contribution in [0.2, 0.25) is 0 Å². The SMILES string of the molecule is CC1CC(C)CN(CC(C)NC(=O)CCCN)C1.Cl.Cl. The van der Waals surface area contributed by atoms with Crippen molar-refractivity contribution >= 4 is 30.7 Å². The lowest BCUT2D eigenvalue weighted by atomic mass is 9.92. The maximum atomic E-state index is 11.6. The fourth-order valence-electron chi connectivity index (χ4n) is 2.98. The molecule has 3 unspecified atom stereocenters. The Bertz CT molecular complexity index is 257. The minimum atomic E-state index is 0. The molecule has 0 radical (unpaired) electrons. The third-order valence-electron chi connectivity index (χ3n) is 3.49. The highest BCUT2D eigenvalue weighted by Crippen LogP contribution is 2.20. The van der Waals surface area contributed by atoms with Gasteiger partial charge in [-0.3, -0.25) is 4.79 Å². The summed E-state index contributed by atoms with van der Waals surface area (Å²) >= 11 is 0. The third-order valence-corrected chi connectivity index (χ3v) is 3.49. The van der Waals surface area contributed by atoms with Gasteiger partial charge in [0.05, 0.1) is 0 Å². The second-order valence-corrected chi connectivity index (χ2v) is 6.03. The molecule has 6 heteroatoms. The van der Waals surface area contributed by atoms with Gasteiger partial charge >= 0.3 is 0 Å². The number of nitrogens with one attached hydrogen (secondary N) is 1. The van der Waals surface area contributed by atoms with Crippen molar-refractivity contribution in [2.45, 2.75) is 46.1 Å². The van der Waals surface area contributed by atoms with Crippen LogP contribution in [0.25, 0.3) is 0 Å². The summed E-state index contributed by atoms with van der Waals surface area (Å²) in [6, 6.07) is 0.229. The van der Waals surface area contributed by atoms with E-state index in [4.69, 9.17) is 5.73 Å². The van der Waals surface area contributed by atoms with Crippen LogP contribution in [0.3, 0.4) is 0 Å². The first-order chi connectivity index (χ1) is 8.51. The van der Waals surface area contributed by atoms with E-state index >= 15 is 0 Å². The lowest BCUT2D eigenvalue weighted by Gasteiger charge is -2.36. The molecule has 20 heavy (non-hydrogen) atoms. The summed E-state index contributed by atoms with van der Waals surface area (Å²) in [5, 5.41) is 3.06. The molecule has 1 fully saturated rings. The molecule has 1 aliphatic heterocycles. The molecule has 0 aliphatic carbocycles. The molecule has 1 heterocycles. The first-order valence-corrected chi connectivity index (χ1v) is 7.23. The van der Waals surface area contributed by atoms with Crippen molar-refractivity contribution in [3.05, 3.63) is 0 Å². The van der Waals surface area contributed by atoms with Gasteiger partial charge in [-0.1, -0.05) is 13.8 Å². The standard InChI is InChI=1S/C14H29N3O.2ClH/c1-11-7-12(2)9-17(8-11)10-13(3)16-14(18)5-4-6-15;;/h11-13H,4-10,15H2,1-3H3,(H,16,18);2*1H. The van der Waals surface area contributed by atoms with Gasteiger partial charge in [0, 0.05) is 32.1 Å². The molecule has 3 atom stereocenters. The van der Waals surface area contributed by atoms with E-state index in [2.05, 4.69) is 31.0 Å². The number of nitrogens with two attached hydrogens (primary N) is 1. The van der Waals surface area contributed by atoms with Crippen LogP contribution in [0.5, 0.6) is 0 Å². The Morgan fingerprint density at radius 1 is 1.30 bits per heavy atom.